The van der Waals surface area contributed by atoms with E-state index in [4.69, 9.17) is 5.14 Å². The van der Waals surface area contributed by atoms with E-state index in [1.165, 1.54) is 6.07 Å². The molecule has 7 nitrogen and oxygen atoms in total. The van der Waals surface area contributed by atoms with Crippen molar-refractivity contribution in [2.75, 3.05) is 7.05 Å². The summed E-state index contributed by atoms with van der Waals surface area (Å²) < 4.78 is 22.8. The van der Waals surface area contributed by atoms with E-state index < -0.39 is 10.0 Å². The van der Waals surface area contributed by atoms with E-state index in [0.717, 1.165) is 16.3 Å². The minimum atomic E-state index is -3.70. The lowest BCUT2D eigenvalue weighted by atomic mass is 10.2. The second-order valence-corrected chi connectivity index (χ2v) is 8.30. The Balaban J connectivity index is 0.00000338. The molecule has 0 saturated heterocycles. The zero-order chi connectivity index (χ0) is 18.4. The van der Waals surface area contributed by atoms with Gasteiger partial charge in [-0.3, -0.25) is 4.99 Å². The van der Waals surface area contributed by atoms with E-state index in [9.17, 15) is 8.42 Å². The van der Waals surface area contributed by atoms with Crippen LogP contribution in [0.15, 0.2) is 39.5 Å². The summed E-state index contributed by atoms with van der Waals surface area (Å²) in [7, 11) is -2.02. The van der Waals surface area contributed by atoms with Crippen LogP contribution in [0.25, 0.3) is 0 Å². The average Bonchev–Trinajstić information content (AvgIpc) is 3.04. The molecule has 0 amide bonds. The molecule has 0 unspecified atom stereocenters. The molecule has 0 aliphatic rings. The first-order valence-corrected chi connectivity index (χ1v) is 10.2. The minimum absolute atomic E-state index is 0. The van der Waals surface area contributed by atoms with Gasteiger partial charge in [0.05, 0.1) is 17.1 Å². The summed E-state index contributed by atoms with van der Waals surface area (Å²) in [5, 5.41) is 14.5. The van der Waals surface area contributed by atoms with Gasteiger partial charge in [-0.05, 0) is 23.6 Å². The van der Waals surface area contributed by atoms with Crippen molar-refractivity contribution in [1.29, 1.82) is 0 Å². The molecule has 0 aliphatic heterocycles. The Morgan fingerprint density at radius 2 is 2.00 bits per heavy atom. The maximum absolute atomic E-state index is 11.4. The number of hydrogen-bond donors (Lipinski definition) is 3. The van der Waals surface area contributed by atoms with Gasteiger partial charge in [0.25, 0.3) is 0 Å². The lowest BCUT2D eigenvalue weighted by molar-refractivity contribution is 0.597. The molecule has 0 fully saturated rings. The molecule has 0 spiro atoms. The SMILES string of the molecule is CN=C(NCc1cccc(S(N)(=O)=O)c1)NCc1nc(C(C)C)cs1.I. The number of nitrogens with two attached hydrogens (primary N) is 1. The van der Waals surface area contributed by atoms with Gasteiger partial charge in [0.15, 0.2) is 5.96 Å². The number of aromatic nitrogens is 1. The molecule has 144 valence electrons. The Bertz CT molecular complexity index is 850. The van der Waals surface area contributed by atoms with Gasteiger partial charge in [-0.15, -0.1) is 35.3 Å². The monoisotopic (exact) mass is 509 g/mol. The van der Waals surface area contributed by atoms with Crippen LogP contribution in [0.3, 0.4) is 0 Å². The summed E-state index contributed by atoms with van der Waals surface area (Å²) >= 11 is 1.61. The number of benzene rings is 1. The van der Waals surface area contributed by atoms with Crippen LogP contribution in [0.2, 0.25) is 0 Å². The van der Waals surface area contributed by atoms with Crippen LogP contribution >= 0.6 is 35.3 Å². The van der Waals surface area contributed by atoms with E-state index in [2.05, 4.69) is 39.8 Å². The van der Waals surface area contributed by atoms with Crippen molar-refractivity contribution < 1.29 is 8.42 Å². The molecule has 0 bridgehead atoms. The average molecular weight is 509 g/mol. The predicted octanol–water partition coefficient (Wildman–Crippen LogP) is 2.40. The fourth-order valence-electron chi connectivity index (χ4n) is 2.07. The van der Waals surface area contributed by atoms with Crippen molar-refractivity contribution in [2.45, 2.75) is 37.8 Å². The molecule has 1 aromatic heterocycles. The minimum Gasteiger partial charge on any atom is -0.352 e. The number of rotatable bonds is 6. The third kappa shape index (κ3) is 6.82. The summed E-state index contributed by atoms with van der Waals surface area (Å²) in [5.41, 5.74) is 1.88. The number of nitrogens with zero attached hydrogens (tertiary/aromatic N) is 2. The quantitative estimate of drug-likeness (QED) is 0.315. The molecular weight excluding hydrogens is 485 g/mol. The van der Waals surface area contributed by atoms with Crippen LogP contribution in [0.1, 0.15) is 36.0 Å². The van der Waals surface area contributed by atoms with E-state index >= 15 is 0 Å². The van der Waals surface area contributed by atoms with Crippen molar-refractivity contribution in [3.05, 3.63) is 45.9 Å². The Kier molecular flexibility index (Phi) is 8.93. The Morgan fingerprint density at radius 3 is 2.58 bits per heavy atom. The highest BCUT2D eigenvalue weighted by Gasteiger charge is 2.09. The molecule has 0 saturated carbocycles. The highest BCUT2D eigenvalue weighted by Crippen LogP contribution is 2.17. The first-order chi connectivity index (χ1) is 11.8. The fraction of sp³-hybridized carbons (Fsp3) is 0.375. The van der Waals surface area contributed by atoms with Crippen molar-refractivity contribution in [3.63, 3.8) is 0 Å². The van der Waals surface area contributed by atoms with Gasteiger partial charge < -0.3 is 10.6 Å². The second kappa shape index (κ2) is 10.2. The molecule has 1 heterocycles. The standard InChI is InChI=1S/C16H23N5O2S2.HI/c1-11(2)14-10-24-15(21-14)9-20-16(18-3)19-8-12-5-4-6-13(7-12)25(17,22)23;/h4-7,10-11H,8-9H2,1-3H3,(H2,17,22,23)(H2,18,19,20);1H. The summed E-state index contributed by atoms with van der Waals surface area (Å²) in [4.78, 5) is 8.82. The number of sulfonamides is 1. The lowest BCUT2D eigenvalue weighted by Gasteiger charge is -2.11. The smallest absolute Gasteiger partial charge is 0.238 e. The van der Waals surface area contributed by atoms with Crippen molar-refractivity contribution in [3.8, 4) is 0 Å². The van der Waals surface area contributed by atoms with Gasteiger partial charge in [0.1, 0.15) is 5.01 Å². The summed E-state index contributed by atoms with van der Waals surface area (Å²) in [6.07, 6.45) is 0. The molecule has 0 radical (unpaired) electrons. The molecule has 4 N–H and O–H groups in total. The van der Waals surface area contributed by atoms with Crippen molar-refractivity contribution >= 4 is 51.3 Å². The highest BCUT2D eigenvalue weighted by molar-refractivity contribution is 14.0. The van der Waals surface area contributed by atoms with Gasteiger partial charge in [-0.1, -0.05) is 26.0 Å². The zero-order valence-electron chi connectivity index (χ0n) is 14.9. The summed E-state index contributed by atoms with van der Waals surface area (Å²) in [6.45, 7) is 5.23. The van der Waals surface area contributed by atoms with Gasteiger partial charge in [-0.2, -0.15) is 0 Å². The maximum atomic E-state index is 11.4. The molecule has 2 aromatic rings. The number of aliphatic imine (C=N–C) groups is 1. The van der Waals surface area contributed by atoms with E-state index in [-0.39, 0.29) is 28.9 Å². The number of guanidine groups is 1. The second-order valence-electron chi connectivity index (χ2n) is 5.79. The van der Waals surface area contributed by atoms with E-state index in [1.54, 1.807) is 30.5 Å². The van der Waals surface area contributed by atoms with Crippen LogP contribution in [-0.4, -0.2) is 26.4 Å². The zero-order valence-corrected chi connectivity index (χ0v) is 18.9. The normalized spacial score (nSPS) is 12.0. The topological polar surface area (TPSA) is 109 Å². The highest BCUT2D eigenvalue weighted by atomic mass is 127. The van der Waals surface area contributed by atoms with Crippen LogP contribution in [0.4, 0.5) is 0 Å². The first-order valence-electron chi connectivity index (χ1n) is 7.80. The number of hydrogen-bond acceptors (Lipinski definition) is 5. The van der Waals surface area contributed by atoms with Gasteiger partial charge in [0, 0.05) is 19.0 Å². The third-order valence-corrected chi connectivity index (χ3v) is 5.26. The van der Waals surface area contributed by atoms with E-state index in [1.807, 2.05) is 6.07 Å². The Labute approximate surface area is 175 Å². The maximum Gasteiger partial charge on any atom is 0.238 e. The molecule has 2 rings (SSSR count). The molecular formula is C16H24IN5O2S2. The van der Waals surface area contributed by atoms with E-state index in [0.29, 0.717) is 25.0 Å². The number of primary sulfonamides is 1. The van der Waals surface area contributed by atoms with Crippen molar-refractivity contribution in [1.82, 2.24) is 15.6 Å². The fourth-order valence-corrected chi connectivity index (χ4v) is 3.55. The van der Waals surface area contributed by atoms with Gasteiger partial charge >= 0.3 is 0 Å². The first kappa shape index (κ1) is 22.8. The van der Waals surface area contributed by atoms with Crippen LogP contribution in [0.5, 0.6) is 0 Å². The van der Waals surface area contributed by atoms with Crippen LogP contribution < -0.4 is 15.8 Å². The van der Waals surface area contributed by atoms with Crippen LogP contribution in [-0.2, 0) is 23.1 Å². The molecule has 0 atom stereocenters. The van der Waals surface area contributed by atoms with Crippen molar-refractivity contribution in [2.24, 2.45) is 10.1 Å². The third-order valence-electron chi connectivity index (χ3n) is 3.48. The summed E-state index contributed by atoms with van der Waals surface area (Å²) in [6, 6.07) is 6.51. The number of thiazole rings is 1. The van der Waals surface area contributed by atoms with Crippen LogP contribution in [0, 0.1) is 0 Å². The molecule has 1 aromatic carbocycles. The summed E-state index contributed by atoms with van der Waals surface area (Å²) in [5.74, 6) is 1.02. The van der Waals surface area contributed by atoms with Gasteiger partial charge in [-0.25, -0.2) is 18.5 Å². The Hall–Kier alpha value is -1.24. The number of nitrogens with one attached hydrogen (secondary N) is 2. The molecule has 10 heteroatoms. The number of halogens is 1. The lowest BCUT2D eigenvalue weighted by Crippen LogP contribution is -2.36. The Morgan fingerprint density at radius 1 is 1.31 bits per heavy atom. The largest absolute Gasteiger partial charge is 0.352 e. The molecule has 0 aliphatic carbocycles. The van der Waals surface area contributed by atoms with Gasteiger partial charge in [0.2, 0.25) is 10.0 Å². The predicted molar refractivity (Wildman–Crippen MR) is 116 cm³/mol. The molecule has 26 heavy (non-hydrogen) atoms.